The van der Waals surface area contributed by atoms with Crippen molar-refractivity contribution in [2.24, 2.45) is 0 Å². The Morgan fingerprint density at radius 2 is 1.44 bits per heavy atom. The smallest absolute Gasteiger partial charge is 0.255 e. The Labute approximate surface area is 142 Å². The van der Waals surface area contributed by atoms with Crippen LogP contribution in [-0.2, 0) is 12.4 Å². The maximum Gasteiger partial charge on any atom is 0.416 e. The van der Waals surface area contributed by atoms with Gasteiger partial charge in [0.1, 0.15) is 0 Å². The van der Waals surface area contributed by atoms with E-state index in [9.17, 15) is 26.3 Å². The topological polar surface area (TPSA) is 12.9 Å². The number of pyridine rings is 1. The van der Waals surface area contributed by atoms with Gasteiger partial charge in [-0.15, -0.1) is 11.3 Å². The second kappa shape index (κ2) is 6.18. The largest absolute Gasteiger partial charge is 0.416 e. The summed E-state index contributed by atoms with van der Waals surface area (Å²) >= 11 is 1.20. The first-order chi connectivity index (χ1) is 11.7. The Hall–Kier alpha value is -2.35. The maximum atomic E-state index is 13.0. The van der Waals surface area contributed by atoms with Crippen molar-refractivity contribution in [3.63, 3.8) is 0 Å². The summed E-state index contributed by atoms with van der Waals surface area (Å²) in [5.74, 6) is 0. The summed E-state index contributed by atoms with van der Waals surface area (Å²) < 4.78 is 78.1. The normalized spacial score (nSPS) is 12.4. The number of rotatable bonds is 2. The summed E-state index contributed by atoms with van der Waals surface area (Å²) in [5, 5.41) is 1.60. The maximum absolute atomic E-state index is 13.0. The van der Waals surface area contributed by atoms with E-state index < -0.39 is 23.5 Å². The van der Waals surface area contributed by atoms with Gasteiger partial charge < -0.3 is 0 Å². The Morgan fingerprint density at radius 1 is 0.800 bits per heavy atom. The monoisotopic (exact) mass is 373 g/mol. The minimum Gasteiger partial charge on any atom is -0.255 e. The number of alkyl halides is 6. The lowest BCUT2D eigenvalue weighted by molar-refractivity contribution is -0.143. The van der Waals surface area contributed by atoms with Gasteiger partial charge in [-0.2, -0.15) is 26.3 Å². The SMILES string of the molecule is FC(F)(F)c1cc(-c2ccsc2-c2ccccn2)cc(C(F)(F)F)c1. The number of halogens is 6. The van der Waals surface area contributed by atoms with Crippen LogP contribution < -0.4 is 0 Å². The van der Waals surface area contributed by atoms with E-state index in [1.54, 1.807) is 23.6 Å². The van der Waals surface area contributed by atoms with Crippen LogP contribution in [0, 0.1) is 0 Å². The number of benzene rings is 1. The molecule has 0 N–H and O–H groups in total. The molecule has 25 heavy (non-hydrogen) atoms. The lowest BCUT2D eigenvalue weighted by Crippen LogP contribution is -2.11. The minimum absolute atomic E-state index is 0.121. The molecule has 0 aliphatic heterocycles. The van der Waals surface area contributed by atoms with E-state index in [1.807, 2.05) is 0 Å². The zero-order valence-corrected chi connectivity index (χ0v) is 13.1. The fourth-order valence-corrected chi connectivity index (χ4v) is 3.24. The third-order valence-corrected chi connectivity index (χ3v) is 4.40. The molecule has 130 valence electrons. The van der Waals surface area contributed by atoms with Crippen LogP contribution in [0.1, 0.15) is 11.1 Å². The Morgan fingerprint density at radius 3 is 1.96 bits per heavy atom. The molecule has 0 atom stereocenters. The van der Waals surface area contributed by atoms with Gasteiger partial charge in [0.05, 0.1) is 21.7 Å². The minimum atomic E-state index is -4.88. The van der Waals surface area contributed by atoms with Crippen LogP contribution in [0.5, 0.6) is 0 Å². The van der Waals surface area contributed by atoms with Crippen LogP contribution in [0.25, 0.3) is 21.7 Å². The van der Waals surface area contributed by atoms with Gasteiger partial charge in [0.25, 0.3) is 0 Å². The zero-order valence-electron chi connectivity index (χ0n) is 12.3. The summed E-state index contributed by atoms with van der Waals surface area (Å²) in [7, 11) is 0. The third kappa shape index (κ3) is 3.68. The van der Waals surface area contributed by atoms with Crippen LogP contribution >= 0.6 is 11.3 Å². The van der Waals surface area contributed by atoms with E-state index >= 15 is 0 Å². The van der Waals surface area contributed by atoms with Gasteiger partial charge in [-0.05, 0) is 47.3 Å². The van der Waals surface area contributed by atoms with E-state index in [1.165, 1.54) is 23.6 Å². The fraction of sp³-hybridized carbons (Fsp3) is 0.118. The second-order valence-electron chi connectivity index (χ2n) is 5.17. The molecule has 1 nitrogen and oxygen atoms in total. The zero-order chi connectivity index (χ0) is 18.2. The van der Waals surface area contributed by atoms with Crippen LogP contribution in [0.15, 0.2) is 54.0 Å². The molecule has 0 aliphatic carbocycles. The summed E-state index contributed by atoms with van der Waals surface area (Å²) in [6.07, 6.45) is -8.25. The summed E-state index contributed by atoms with van der Waals surface area (Å²) in [4.78, 5) is 4.62. The van der Waals surface area contributed by atoms with E-state index in [4.69, 9.17) is 0 Å². The first kappa shape index (κ1) is 17.5. The Balaban J connectivity index is 2.20. The van der Waals surface area contributed by atoms with Crippen molar-refractivity contribution >= 4 is 11.3 Å². The molecule has 0 bridgehead atoms. The van der Waals surface area contributed by atoms with Gasteiger partial charge in [0.2, 0.25) is 0 Å². The van der Waals surface area contributed by atoms with E-state index in [0.29, 0.717) is 10.6 Å². The number of aromatic nitrogens is 1. The number of nitrogens with zero attached hydrogens (tertiary/aromatic N) is 1. The Kier molecular flexibility index (Phi) is 4.32. The van der Waals surface area contributed by atoms with Crippen molar-refractivity contribution in [3.05, 3.63) is 65.2 Å². The third-order valence-electron chi connectivity index (χ3n) is 3.46. The van der Waals surface area contributed by atoms with E-state index in [0.717, 1.165) is 12.1 Å². The van der Waals surface area contributed by atoms with Crippen molar-refractivity contribution < 1.29 is 26.3 Å². The van der Waals surface area contributed by atoms with Gasteiger partial charge >= 0.3 is 12.4 Å². The number of hydrogen-bond donors (Lipinski definition) is 0. The molecular weight excluding hydrogens is 364 g/mol. The van der Waals surface area contributed by atoms with E-state index in [2.05, 4.69) is 4.98 Å². The summed E-state index contributed by atoms with van der Waals surface area (Å²) in [6, 6.07) is 8.07. The molecule has 8 heteroatoms. The highest BCUT2D eigenvalue weighted by Gasteiger charge is 2.37. The molecule has 0 aliphatic rings. The van der Waals surface area contributed by atoms with Gasteiger partial charge in [-0.1, -0.05) is 6.07 Å². The molecule has 0 saturated heterocycles. The van der Waals surface area contributed by atoms with Crippen molar-refractivity contribution in [2.45, 2.75) is 12.4 Å². The highest BCUT2D eigenvalue weighted by molar-refractivity contribution is 7.14. The highest BCUT2D eigenvalue weighted by atomic mass is 32.1. The van der Waals surface area contributed by atoms with Crippen molar-refractivity contribution in [1.29, 1.82) is 0 Å². The standard InChI is InChI=1S/C17H9F6NS/c18-16(19,20)11-7-10(8-12(9-11)17(21,22)23)13-4-6-25-15(13)14-3-1-2-5-24-14/h1-9H. The summed E-state index contributed by atoms with van der Waals surface area (Å²) in [5.41, 5.74) is -2.06. The van der Waals surface area contributed by atoms with Crippen molar-refractivity contribution in [3.8, 4) is 21.7 Å². The molecule has 0 amide bonds. The molecule has 1 aromatic carbocycles. The average Bonchev–Trinajstić information content (AvgIpc) is 3.03. The quantitative estimate of drug-likeness (QED) is 0.466. The molecule has 0 unspecified atom stereocenters. The fourth-order valence-electron chi connectivity index (χ4n) is 2.34. The first-order valence-corrected chi connectivity index (χ1v) is 7.83. The predicted molar refractivity (Wildman–Crippen MR) is 83.0 cm³/mol. The van der Waals surface area contributed by atoms with Crippen LogP contribution in [0.2, 0.25) is 0 Å². The molecule has 2 aromatic heterocycles. The lowest BCUT2D eigenvalue weighted by Gasteiger charge is -2.14. The van der Waals surface area contributed by atoms with Gasteiger partial charge in [-0.25, -0.2) is 0 Å². The molecule has 0 fully saturated rings. The van der Waals surface area contributed by atoms with Crippen LogP contribution in [0.4, 0.5) is 26.3 Å². The second-order valence-corrected chi connectivity index (χ2v) is 6.09. The summed E-state index contributed by atoms with van der Waals surface area (Å²) in [6.45, 7) is 0. The lowest BCUT2D eigenvalue weighted by atomic mass is 9.99. The van der Waals surface area contributed by atoms with E-state index in [-0.39, 0.29) is 17.2 Å². The molecule has 0 saturated carbocycles. The molecule has 0 radical (unpaired) electrons. The molecular formula is C17H9F6NS. The van der Waals surface area contributed by atoms with Crippen molar-refractivity contribution in [1.82, 2.24) is 4.98 Å². The average molecular weight is 373 g/mol. The first-order valence-electron chi connectivity index (χ1n) is 6.95. The highest BCUT2D eigenvalue weighted by Crippen LogP contribution is 2.42. The number of thiophene rings is 1. The van der Waals surface area contributed by atoms with Crippen LogP contribution in [-0.4, -0.2) is 4.98 Å². The van der Waals surface area contributed by atoms with Crippen LogP contribution in [0.3, 0.4) is 0 Å². The van der Waals surface area contributed by atoms with Gasteiger partial charge in [0, 0.05) is 11.8 Å². The van der Waals surface area contributed by atoms with Gasteiger partial charge in [-0.3, -0.25) is 4.98 Å². The number of hydrogen-bond acceptors (Lipinski definition) is 2. The molecule has 0 spiro atoms. The molecule has 2 heterocycles. The predicted octanol–water partition coefficient (Wildman–Crippen LogP) is 6.51. The Bertz CT molecular complexity index is 848. The van der Waals surface area contributed by atoms with Crippen molar-refractivity contribution in [2.75, 3.05) is 0 Å². The molecule has 3 rings (SSSR count). The molecule has 3 aromatic rings. The van der Waals surface area contributed by atoms with Gasteiger partial charge in [0.15, 0.2) is 0 Å².